The van der Waals surface area contributed by atoms with E-state index in [1.165, 1.54) is 16.0 Å². The van der Waals surface area contributed by atoms with Gasteiger partial charge in [-0.05, 0) is 52.7 Å². The highest BCUT2D eigenvalue weighted by atomic mass is 32.2. The van der Waals surface area contributed by atoms with Crippen LogP contribution in [0.1, 0.15) is 39.2 Å². The van der Waals surface area contributed by atoms with E-state index in [2.05, 4.69) is 58.0 Å². The summed E-state index contributed by atoms with van der Waals surface area (Å²) in [4.78, 5) is 1.35. The van der Waals surface area contributed by atoms with E-state index in [0.29, 0.717) is 6.10 Å². The van der Waals surface area contributed by atoms with Crippen LogP contribution in [0.2, 0.25) is 0 Å². The lowest BCUT2D eigenvalue weighted by atomic mass is 10.0. The van der Waals surface area contributed by atoms with Crippen molar-refractivity contribution in [1.29, 1.82) is 0 Å². The maximum Gasteiger partial charge on any atom is 0.0892 e. The first-order chi connectivity index (χ1) is 8.97. The number of epoxide rings is 1. The molecule has 1 nitrogen and oxygen atoms in total. The number of rotatable bonds is 6. The fourth-order valence-corrected chi connectivity index (χ4v) is 3.00. The summed E-state index contributed by atoms with van der Waals surface area (Å²) in [6.07, 6.45) is 5.13. The van der Waals surface area contributed by atoms with E-state index in [0.717, 1.165) is 18.6 Å². The van der Waals surface area contributed by atoms with Gasteiger partial charge in [0, 0.05) is 10.6 Å². The van der Waals surface area contributed by atoms with Crippen LogP contribution in [0.4, 0.5) is 0 Å². The predicted octanol–water partition coefficient (Wildman–Crippen LogP) is 4.99. The van der Waals surface area contributed by atoms with E-state index in [4.69, 9.17) is 4.74 Å². The van der Waals surface area contributed by atoms with E-state index >= 15 is 0 Å². The molecule has 2 rings (SSSR count). The van der Waals surface area contributed by atoms with Crippen LogP contribution in [0.25, 0.3) is 0 Å². The van der Waals surface area contributed by atoms with Crippen molar-refractivity contribution in [3.05, 3.63) is 41.5 Å². The van der Waals surface area contributed by atoms with Gasteiger partial charge in [-0.1, -0.05) is 29.3 Å². The number of ether oxygens (including phenoxy) is 1. The van der Waals surface area contributed by atoms with E-state index in [1.54, 1.807) is 0 Å². The fourth-order valence-electron chi connectivity index (χ4n) is 2.11. The Morgan fingerprint density at radius 3 is 2.53 bits per heavy atom. The topological polar surface area (TPSA) is 12.5 Å². The van der Waals surface area contributed by atoms with Crippen molar-refractivity contribution in [3.63, 3.8) is 0 Å². The Bertz CT molecular complexity index is 445. The Hall–Kier alpha value is -0.730. The molecule has 0 aliphatic carbocycles. The van der Waals surface area contributed by atoms with E-state index in [9.17, 15) is 0 Å². The molecule has 1 atom stereocenters. The third kappa shape index (κ3) is 4.70. The molecule has 0 radical (unpaired) electrons. The van der Waals surface area contributed by atoms with Crippen molar-refractivity contribution in [2.24, 2.45) is 0 Å². The number of aryl methyl sites for hydroxylation is 1. The van der Waals surface area contributed by atoms with Gasteiger partial charge in [0.15, 0.2) is 0 Å². The smallest absolute Gasteiger partial charge is 0.0892 e. The van der Waals surface area contributed by atoms with Gasteiger partial charge in [0.05, 0.1) is 11.7 Å². The highest BCUT2D eigenvalue weighted by molar-refractivity contribution is 7.99. The third-order valence-electron chi connectivity index (χ3n) is 3.67. The van der Waals surface area contributed by atoms with E-state index in [-0.39, 0.29) is 5.60 Å². The van der Waals surface area contributed by atoms with Crippen molar-refractivity contribution in [2.75, 3.05) is 5.75 Å². The largest absolute Gasteiger partial charge is 0.367 e. The highest BCUT2D eigenvalue weighted by Crippen LogP contribution is 2.38. The van der Waals surface area contributed by atoms with Gasteiger partial charge in [0.1, 0.15) is 0 Å². The number of hydrogen-bond donors (Lipinski definition) is 0. The van der Waals surface area contributed by atoms with Crippen molar-refractivity contribution < 1.29 is 4.74 Å². The molecule has 0 N–H and O–H groups in total. The van der Waals surface area contributed by atoms with Crippen LogP contribution in [-0.4, -0.2) is 17.5 Å². The second-order valence-electron chi connectivity index (χ2n) is 5.92. The minimum atomic E-state index is 0.136. The number of hydrogen-bond acceptors (Lipinski definition) is 2. The van der Waals surface area contributed by atoms with Crippen molar-refractivity contribution in [2.45, 2.75) is 57.1 Å². The lowest BCUT2D eigenvalue weighted by molar-refractivity contribution is 0.320. The summed E-state index contributed by atoms with van der Waals surface area (Å²) in [5.41, 5.74) is 2.94. The second kappa shape index (κ2) is 6.15. The zero-order valence-corrected chi connectivity index (χ0v) is 13.2. The average molecular weight is 276 g/mol. The Morgan fingerprint density at radius 2 is 1.95 bits per heavy atom. The Kier molecular flexibility index (Phi) is 4.75. The van der Waals surface area contributed by atoms with Gasteiger partial charge >= 0.3 is 0 Å². The predicted molar refractivity (Wildman–Crippen MR) is 83.8 cm³/mol. The molecular formula is C17H24OS. The summed E-state index contributed by atoms with van der Waals surface area (Å²) in [5.74, 6) is 1.06. The maximum absolute atomic E-state index is 5.61. The molecule has 2 heteroatoms. The summed E-state index contributed by atoms with van der Waals surface area (Å²) < 4.78 is 5.61. The number of benzene rings is 1. The first-order valence-corrected chi connectivity index (χ1v) is 7.99. The molecular weight excluding hydrogens is 252 g/mol. The average Bonchev–Trinajstić information content (AvgIpc) is 2.97. The summed E-state index contributed by atoms with van der Waals surface area (Å²) in [5, 5.41) is 0. The number of thioether (sulfide) groups is 1. The third-order valence-corrected chi connectivity index (χ3v) is 4.61. The number of allylic oxidation sites excluding steroid dienone is 1. The summed E-state index contributed by atoms with van der Waals surface area (Å²) in [7, 11) is 0. The van der Waals surface area contributed by atoms with Crippen LogP contribution >= 0.6 is 11.8 Å². The van der Waals surface area contributed by atoms with Crippen LogP contribution in [-0.2, 0) is 4.74 Å². The minimum absolute atomic E-state index is 0.136. The van der Waals surface area contributed by atoms with Gasteiger partial charge < -0.3 is 4.74 Å². The second-order valence-corrected chi connectivity index (χ2v) is 7.02. The lowest BCUT2D eigenvalue weighted by Crippen LogP contribution is -2.02. The van der Waals surface area contributed by atoms with Gasteiger partial charge in [-0.3, -0.25) is 0 Å². The van der Waals surface area contributed by atoms with Crippen LogP contribution in [0.15, 0.2) is 40.8 Å². The van der Waals surface area contributed by atoms with Gasteiger partial charge in [-0.25, -0.2) is 0 Å². The standard InChI is InChI=1S/C17H24OS/c1-13-5-8-15(9-6-13)19-12-11-14(2)7-10-16-17(3,4)18-16/h5-6,8-9,11,16H,7,10,12H2,1-4H3/b14-11+. The lowest BCUT2D eigenvalue weighted by Gasteiger charge is -2.02. The van der Waals surface area contributed by atoms with Crippen LogP contribution < -0.4 is 0 Å². The molecule has 1 saturated heterocycles. The molecule has 1 aliphatic heterocycles. The van der Waals surface area contributed by atoms with Crippen molar-refractivity contribution >= 4 is 11.8 Å². The maximum atomic E-state index is 5.61. The van der Waals surface area contributed by atoms with Gasteiger partial charge in [0.2, 0.25) is 0 Å². The highest BCUT2D eigenvalue weighted by Gasteiger charge is 2.46. The Labute approximate surface area is 121 Å². The normalized spacial score (nSPS) is 21.5. The van der Waals surface area contributed by atoms with Gasteiger partial charge in [0.25, 0.3) is 0 Å². The minimum Gasteiger partial charge on any atom is -0.367 e. The van der Waals surface area contributed by atoms with E-state index in [1.807, 2.05) is 11.8 Å². The molecule has 19 heavy (non-hydrogen) atoms. The first-order valence-electron chi connectivity index (χ1n) is 7.00. The fraction of sp³-hybridized carbons (Fsp3) is 0.529. The molecule has 0 spiro atoms. The molecule has 104 valence electrons. The molecule has 1 unspecified atom stereocenters. The zero-order chi connectivity index (χ0) is 13.9. The van der Waals surface area contributed by atoms with Crippen molar-refractivity contribution in [3.8, 4) is 0 Å². The van der Waals surface area contributed by atoms with Gasteiger partial charge in [-0.2, -0.15) is 0 Å². The van der Waals surface area contributed by atoms with Crippen LogP contribution in [0, 0.1) is 6.92 Å². The van der Waals surface area contributed by atoms with E-state index < -0.39 is 0 Å². The molecule has 0 aromatic heterocycles. The summed E-state index contributed by atoms with van der Waals surface area (Å²) >= 11 is 1.90. The molecule has 1 aliphatic rings. The summed E-state index contributed by atoms with van der Waals surface area (Å²) in [6, 6.07) is 8.74. The molecule has 1 heterocycles. The molecule has 1 fully saturated rings. The molecule has 0 saturated carbocycles. The molecule has 1 aromatic carbocycles. The zero-order valence-electron chi connectivity index (χ0n) is 12.4. The molecule has 0 amide bonds. The SMILES string of the molecule is C/C(=C\CSc1ccc(C)cc1)CCC1OC1(C)C. The quantitative estimate of drug-likeness (QED) is 0.412. The summed E-state index contributed by atoms with van der Waals surface area (Å²) in [6.45, 7) is 8.69. The molecule has 0 bridgehead atoms. The Morgan fingerprint density at radius 1 is 1.32 bits per heavy atom. The first kappa shape index (κ1) is 14.7. The monoisotopic (exact) mass is 276 g/mol. The van der Waals surface area contributed by atoms with Crippen LogP contribution in [0.5, 0.6) is 0 Å². The van der Waals surface area contributed by atoms with Crippen molar-refractivity contribution in [1.82, 2.24) is 0 Å². The Balaban J connectivity index is 1.68. The molecule has 1 aromatic rings. The van der Waals surface area contributed by atoms with Crippen LogP contribution in [0.3, 0.4) is 0 Å². The van der Waals surface area contributed by atoms with Gasteiger partial charge in [-0.15, -0.1) is 11.8 Å².